The average molecular weight is 329 g/mol. The van der Waals surface area contributed by atoms with Crippen LogP contribution in [0.5, 0.6) is 5.75 Å². The van der Waals surface area contributed by atoms with Crippen molar-refractivity contribution in [2.45, 2.75) is 57.7 Å². The lowest BCUT2D eigenvalue weighted by Crippen LogP contribution is -3.05. The third-order valence-corrected chi connectivity index (χ3v) is 4.54. The Morgan fingerprint density at radius 2 is 1.83 bits per heavy atom. The van der Waals surface area contributed by atoms with Gasteiger partial charge in [-0.25, -0.2) is 4.79 Å². The van der Waals surface area contributed by atoms with E-state index < -0.39 is 5.63 Å². The summed E-state index contributed by atoms with van der Waals surface area (Å²) in [5, 5.41) is 13.3. The summed E-state index contributed by atoms with van der Waals surface area (Å²) >= 11 is 0. The second-order valence-electron chi connectivity index (χ2n) is 8.11. The lowest BCUT2D eigenvalue weighted by Gasteiger charge is -2.41. The van der Waals surface area contributed by atoms with Crippen molar-refractivity contribution in [3.8, 4) is 5.75 Å². The molecule has 1 fully saturated rings. The molecule has 2 heterocycles. The van der Waals surface area contributed by atoms with Gasteiger partial charge in [-0.3, -0.25) is 4.99 Å². The standard InChI is InChI=1S/C19H24N2O3/c1-18(2)9-12(10-19(3,4)21-18)20-11-14-16(22)13-7-5-6-8-15(13)24-17(14)23/h5-8,11-12,21-22H,9-10H2,1-4H3/p+1. The number of hydrogen-bond donors (Lipinski definition) is 2. The first-order chi connectivity index (χ1) is 11.2. The van der Waals surface area contributed by atoms with Crippen molar-refractivity contribution in [1.29, 1.82) is 0 Å². The molecular formula is C19H25N2O3+. The number of nitrogens with zero attached hydrogens (tertiary/aromatic N) is 1. The molecule has 2 aromatic rings. The van der Waals surface area contributed by atoms with Crippen LogP contribution in [0, 0.1) is 0 Å². The second-order valence-corrected chi connectivity index (χ2v) is 8.11. The molecule has 1 aromatic heterocycles. The second kappa shape index (κ2) is 5.74. The van der Waals surface area contributed by atoms with E-state index in [2.05, 4.69) is 38.0 Å². The van der Waals surface area contributed by atoms with Crippen LogP contribution in [-0.2, 0) is 0 Å². The van der Waals surface area contributed by atoms with Crippen LogP contribution in [0.15, 0.2) is 38.5 Å². The summed E-state index contributed by atoms with van der Waals surface area (Å²) in [7, 11) is 0. The first-order valence-corrected chi connectivity index (χ1v) is 8.32. The molecule has 1 aliphatic rings. The van der Waals surface area contributed by atoms with Crippen molar-refractivity contribution in [3.63, 3.8) is 0 Å². The summed E-state index contributed by atoms with van der Waals surface area (Å²) in [6, 6.07) is 7.07. The van der Waals surface area contributed by atoms with E-state index in [-0.39, 0.29) is 28.4 Å². The summed E-state index contributed by atoms with van der Waals surface area (Å²) < 4.78 is 5.28. The van der Waals surface area contributed by atoms with E-state index >= 15 is 0 Å². The van der Waals surface area contributed by atoms with Gasteiger partial charge in [0.2, 0.25) is 0 Å². The zero-order chi connectivity index (χ0) is 17.5. The van der Waals surface area contributed by atoms with Crippen molar-refractivity contribution in [1.82, 2.24) is 0 Å². The van der Waals surface area contributed by atoms with Crippen molar-refractivity contribution < 1.29 is 14.8 Å². The summed E-state index contributed by atoms with van der Waals surface area (Å²) in [6.45, 7) is 8.83. The van der Waals surface area contributed by atoms with E-state index in [1.807, 2.05) is 0 Å². The predicted molar refractivity (Wildman–Crippen MR) is 94.8 cm³/mol. The van der Waals surface area contributed by atoms with Gasteiger partial charge in [0.15, 0.2) is 0 Å². The largest absolute Gasteiger partial charge is 0.506 e. The predicted octanol–water partition coefficient (Wildman–Crippen LogP) is 2.20. The maximum atomic E-state index is 12.2. The van der Waals surface area contributed by atoms with Gasteiger partial charge in [0, 0.05) is 19.1 Å². The van der Waals surface area contributed by atoms with E-state index in [1.54, 1.807) is 24.3 Å². The van der Waals surface area contributed by atoms with E-state index in [9.17, 15) is 9.90 Å². The minimum absolute atomic E-state index is 0.0634. The van der Waals surface area contributed by atoms with Crippen molar-refractivity contribution in [3.05, 3.63) is 40.2 Å². The van der Waals surface area contributed by atoms with Crippen molar-refractivity contribution in [2.24, 2.45) is 4.99 Å². The van der Waals surface area contributed by atoms with Crippen LogP contribution in [0.2, 0.25) is 0 Å². The molecule has 3 N–H and O–H groups in total. The Bertz CT molecular complexity index is 833. The molecule has 0 aliphatic carbocycles. The van der Waals surface area contributed by atoms with Crippen LogP contribution in [0.4, 0.5) is 0 Å². The highest BCUT2D eigenvalue weighted by Gasteiger charge is 2.41. The highest BCUT2D eigenvalue weighted by Crippen LogP contribution is 2.27. The molecule has 0 atom stereocenters. The molecule has 0 radical (unpaired) electrons. The molecule has 0 spiro atoms. The van der Waals surface area contributed by atoms with Crippen LogP contribution >= 0.6 is 0 Å². The highest BCUT2D eigenvalue weighted by atomic mass is 16.4. The maximum absolute atomic E-state index is 12.2. The molecule has 5 heteroatoms. The number of aliphatic imine (C=N–C) groups is 1. The van der Waals surface area contributed by atoms with Gasteiger partial charge in [-0.1, -0.05) is 12.1 Å². The van der Waals surface area contributed by atoms with Crippen LogP contribution in [0.25, 0.3) is 11.0 Å². The van der Waals surface area contributed by atoms with Gasteiger partial charge in [-0.05, 0) is 39.8 Å². The van der Waals surface area contributed by atoms with E-state index in [0.717, 1.165) is 12.8 Å². The molecule has 0 saturated carbocycles. The number of aromatic hydroxyl groups is 1. The Labute approximate surface area is 141 Å². The monoisotopic (exact) mass is 329 g/mol. The highest BCUT2D eigenvalue weighted by molar-refractivity contribution is 5.93. The third kappa shape index (κ3) is 3.36. The molecule has 1 saturated heterocycles. The molecule has 128 valence electrons. The SMILES string of the molecule is CC1(C)CC(N=Cc2c(O)c3ccccc3oc2=O)CC(C)(C)[NH2+]1. The van der Waals surface area contributed by atoms with Gasteiger partial charge in [0.25, 0.3) is 0 Å². The maximum Gasteiger partial charge on any atom is 0.348 e. The number of rotatable bonds is 2. The Morgan fingerprint density at radius 3 is 2.50 bits per heavy atom. The lowest BCUT2D eigenvalue weighted by molar-refractivity contribution is -0.787. The topological polar surface area (TPSA) is 79.4 Å². The van der Waals surface area contributed by atoms with E-state index in [0.29, 0.717) is 11.0 Å². The first-order valence-electron chi connectivity index (χ1n) is 8.32. The summed E-state index contributed by atoms with van der Waals surface area (Å²) in [4.78, 5) is 16.8. The zero-order valence-electron chi connectivity index (χ0n) is 14.7. The Balaban J connectivity index is 1.95. The van der Waals surface area contributed by atoms with Crippen molar-refractivity contribution >= 4 is 17.2 Å². The molecule has 24 heavy (non-hydrogen) atoms. The molecule has 1 aliphatic heterocycles. The Morgan fingerprint density at radius 1 is 1.21 bits per heavy atom. The number of fused-ring (bicyclic) bond motifs is 1. The Kier molecular flexibility index (Phi) is 4.00. The summed E-state index contributed by atoms with van der Waals surface area (Å²) in [5.74, 6) is -0.0634. The number of piperidine rings is 1. The van der Waals surface area contributed by atoms with E-state index in [1.165, 1.54) is 6.21 Å². The molecule has 0 amide bonds. The van der Waals surface area contributed by atoms with Gasteiger partial charge < -0.3 is 14.8 Å². The van der Waals surface area contributed by atoms with E-state index in [4.69, 9.17) is 4.42 Å². The third-order valence-electron chi connectivity index (χ3n) is 4.54. The lowest BCUT2D eigenvalue weighted by atomic mass is 9.80. The summed E-state index contributed by atoms with van der Waals surface area (Å²) in [5.41, 5.74) is 0.140. The first kappa shape index (κ1) is 16.7. The van der Waals surface area contributed by atoms with Gasteiger partial charge in [-0.15, -0.1) is 0 Å². The number of para-hydroxylation sites is 1. The normalized spacial score (nSPS) is 20.7. The van der Waals surface area contributed by atoms with Gasteiger partial charge in [0.1, 0.15) is 16.9 Å². The molecular weight excluding hydrogens is 304 g/mol. The zero-order valence-corrected chi connectivity index (χ0v) is 14.7. The number of benzene rings is 1. The number of quaternary nitrogens is 1. The van der Waals surface area contributed by atoms with Crippen LogP contribution < -0.4 is 10.9 Å². The van der Waals surface area contributed by atoms with Gasteiger partial charge in [0.05, 0.1) is 22.5 Å². The molecule has 3 rings (SSSR count). The Hall–Kier alpha value is -2.14. The van der Waals surface area contributed by atoms with Crippen LogP contribution in [0.3, 0.4) is 0 Å². The van der Waals surface area contributed by atoms with Crippen LogP contribution in [0.1, 0.15) is 46.1 Å². The minimum Gasteiger partial charge on any atom is -0.506 e. The fraction of sp³-hybridized carbons (Fsp3) is 0.474. The molecule has 0 bridgehead atoms. The number of nitrogens with two attached hydrogens (primary N) is 1. The smallest absolute Gasteiger partial charge is 0.348 e. The fourth-order valence-electron chi connectivity index (χ4n) is 4.01. The van der Waals surface area contributed by atoms with Crippen molar-refractivity contribution in [2.75, 3.05) is 0 Å². The summed E-state index contributed by atoms with van der Waals surface area (Å²) in [6.07, 6.45) is 3.33. The number of hydrogen-bond acceptors (Lipinski definition) is 4. The minimum atomic E-state index is -0.559. The average Bonchev–Trinajstić information content (AvgIpc) is 2.43. The fourth-order valence-corrected chi connectivity index (χ4v) is 4.01. The van der Waals surface area contributed by atoms with Gasteiger partial charge >= 0.3 is 5.63 Å². The molecule has 5 nitrogen and oxygen atoms in total. The molecule has 1 aromatic carbocycles. The van der Waals surface area contributed by atoms with Gasteiger partial charge in [-0.2, -0.15) is 0 Å². The quantitative estimate of drug-likeness (QED) is 0.655. The molecule has 0 unspecified atom stereocenters. The van der Waals surface area contributed by atoms with Crippen LogP contribution in [-0.4, -0.2) is 28.4 Å².